The highest BCUT2D eigenvalue weighted by atomic mass is 32.3. The van der Waals surface area contributed by atoms with E-state index in [9.17, 15) is 28.5 Å². The summed E-state index contributed by atoms with van der Waals surface area (Å²) in [6, 6.07) is 0. The Balaban J connectivity index is 2.31. The largest absolute Gasteiger partial charge is 0.457 e. The van der Waals surface area contributed by atoms with Gasteiger partial charge in [0.1, 0.15) is 30.5 Å². The van der Waals surface area contributed by atoms with Gasteiger partial charge in [-0.1, -0.05) is 187 Å². The van der Waals surface area contributed by atoms with Crippen LogP contribution in [0.25, 0.3) is 0 Å². The topological polar surface area (TPSA) is 178 Å². The van der Waals surface area contributed by atoms with E-state index in [0.29, 0.717) is 13.0 Å². The van der Waals surface area contributed by atoms with Crippen LogP contribution in [0.1, 0.15) is 206 Å². The molecular formula is C43H84O12S. The number of rotatable bonds is 40. The predicted octanol–water partition coefficient (Wildman–Crippen LogP) is 9.30. The summed E-state index contributed by atoms with van der Waals surface area (Å²) >= 11 is 0. The molecule has 1 fully saturated rings. The Morgan fingerprint density at radius 1 is 0.607 bits per heavy atom. The molecule has 0 spiro atoms. The molecule has 0 radical (unpaired) electrons. The number of unbranched alkanes of at least 4 members (excludes halogenated alkanes) is 27. The molecule has 6 unspecified atom stereocenters. The lowest BCUT2D eigenvalue weighted by atomic mass is 9.99. The van der Waals surface area contributed by atoms with Crippen molar-refractivity contribution in [2.24, 2.45) is 0 Å². The zero-order valence-electron chi connectivity index (χ0n) is 35.5. The molecule has 0 aliphatic carbocycles. The highest BCUT2D eigenvalue weighted by Gasteiger charge is 2.48. The number of aliphatic hydroxyl groups excluding tert-OH is 3. The molecule has 12 nitrogen and oxygen atoms in total. The Labute approximate surface area is 341 Å². The maximum Gasteiger partial charge on any atom is 0.397 e. The summed E-state index contributed by atoms with van der Waals surface area (Å²) in [4.78, 5) is 12.8. The Morgan fingerprint density at radius 2 is 1.02 bits per heavy atom. The van der Waals surface area contributed by atoms with Gasteiger partial charge in [-0.25, -0.2) is 4.18 Å². The fraction of sp³-hybridized carbons (Fsp3) is 0.977. The fourth-order valence-electron chi connectivity index (χ4n) is 7.26. The first kappa shape index (κ1) is 53.1. The van der Waals surface area contributed by atoms with E-state index >= 15 is 0 Å². The number of carbonyl (C=O) groups excluding carboxylic acids is 1. The maximum atomic E-state index is 12.8. The summed E-state index contributed by atoms with van der Waals surface area (Å²) in [6.45, 7) is 3.99. The van der Waals surface area contributed by atoms with Crippen molar-refractivity contribution in [3.8, 4) is 0 Å². The van der Waals surface area contributed by atoms with Crippen LogP contribution < -0.4 is 0 Å². The molecule has 6 atom stereocenters. The minimum absolute atomic E-state index is 0.0430. The first-order valence-corrected chi connectivity index (χ1v) is 24.2. The Bertz CT molecular complexity index is 999. The van der Waals surface area contributed by atoms with E-state index < -0.39 is 59.8 Å². The zero-order valence-corrected chi connectivity index (χ0v) is 36.3. The summed E-state index contributed by atoms with van der Waals surface area (Å²) in [6.07, 6.45) is 27.3. The van der Waals surface area contributed by atoms with Gasteiger partial charge in [0.25, 0.3) is 0 Å². The quantitative estimate of drug-likeness (QED) is 0.0262. The molecule has 0 aromatic rings. The highest BCUT2D eigenvalue weighted by Crippen LogP contribution is 2.26. The summed E-state index contributed by atoms with van der Waals surface area (Å²) < 4.78 is 58.9. The van der Waals surface area contributed by atoms with E-state index in [-0.39, 0.29) is 19.6 Å². The van der Waals surface area contributed by atoms with E-state index in [2.05, 4.69) is 18.0 Å². The van der Waals surface area contributed by atoms with Crippen molar-refractivity contribution in [1.82, 2.24) is 0 Å². The van der Waals surface area contributed by atoms with Crippen molar-refractivity contribution in [2.75, 3.05) is 26.4 Å². The van der Waals surface area contributed by atoms with Crippen molar-refractivity contribution in [2.45, 2.75) is 243 Å². The molecule has 56 heavy (non-hydrogen) atoms. The lowest BCUT2D eigenvalue weighted by Gasteiger charge is -2.41. The van der Waals surface area contributed by atoms with Crippen molar-refractivity contribution in [3.05, 3.63) is 0 Å². The highest BCUT2D eigenvalue weighted by molar-refractivity contribution is 7.80. The molecule has 13 heteroatoms. The molecule has 4 N–H and O–H groups in total. The lowest BCUT2D eigenvalue weighted by Crippen LogP contribution is -2.60. The van der Waals surface area contributed by atoms with Crippen molar-refractivity contribution >= 4 is 16.4 Å². The fourth-order valence-corrected chi connectivity index (χ4v) is 7.77. The van der Waals surface area contributed by atoms with Crippen LogP contribution in [0, 0.1) is 0 Å². The zero-order chi connectivity index (χ0) is 41.1. The minimum Gasteiger partial charge on any atom is -0.457 e. The summed E-state index contributed by atoms with van der Waals surface area (Å²) in [5, 5.41) is 30.6. The van der Waals surface area contributed by atoms with Crippen LogP contribution in [0.15, 0.2) is 0 Å². The van der Waals surface area contributed by atoms with E-state index in [1.54, 1.807) is 0 Å². The number of ether oxygens (including phenoxy) is 4. The third-order valence-electron chi connectivity index (χ3n) is 10.7. The molecule has 1 heterocycles. The Morgan fingerprint density at radius 3 is 1.43 bits per heavy atom. The van der Waals surface area contributed by atoms with Crippen LogP contribution in [-0.4, -0.2) is 97.5 Å². The van der Waals surface area contributed by atoms with E-state index in [4.69, 9.17) is 23.5 Å². The SMILES string of the molecule is CCCCCCCCCCCCCCCCCCCCCCCC(=O)OC(COCCCCCCCCCC)COC1OC(CO)C(O)C(OS(=O)(=O)O)C1O. The van der Waals surface area contributed by atoms with Crippen LogP contribution in [0.4, 0.5) is 0 Å². The van der Waals surface area contributed by atoms with E-state index in [1.165, 1.54) is 141 Å². The second kappa shape index (κ2) is 36.0. The van der Waals surface area contributed by atoms with Gasteiger partial charge < -0.3 is 34.3 Å². The monoisotopic (exact) mass is 825 g/mol. The summed E-state index contributed by atoms with van der Waals surface area (Å²) in [5.41, 5.74) is 0. The smallest absolute Gasteiger partial charge is 0.397 e. The molecule has 1 aliphatic rings. The average molecular weight is 825 g/mol. The number of carbonyl (C=O) groups is 1. The van der Waals surface area contributed by atoms with Gasteiger partial charge in [0, 0.05) is 13.0 Å². The van der Waals surface area contributed by atoms with Crippen molar-refractivity contribution in [1.29, 1.82) is 0 Å². The van der Waals surface area contributed by atoms with Gasteiger partial charge in [-0.05, 0) is 12.8 Å². The molecule has 0 aromatic heterocycles. The van der Waals surface area contributed by atoms with E-state index in [0.717, 1.165) is 38.5 Å². The normalized spacial score (nSPS) is 20.7. The second-order valence-electron chi connectivity index (χ2n) is 16.0. The molecule has 0 aromatic carbocycles. The number of hydrogen-bond acceptors (Lipinski definition) is 11. The van der Waals surface area contributed by atoms with Crippen LogP contribution in [0.3, 0.4) is 0 Å². The van der Waals surface area contributed by atoms with Gasteiger partial charge in [-0.2, -0.15) is 8.42 Å². The predicted molar refractivity (Wildman–Crippen MR) is 221 cm³/mol. The Kier molecular flexibility index (Phi) is 34.1. The molecule has 1 saturated heterocycles. The van der Waals surface area contributed by atoms with Gasteiger partial charge in [0.05, 0.1) is 19.8 Å². The van der Waals surface area contributed by atoms with Crippen LogP contribution in [0.2, 0.25) is 0 Å². The molecule has 0 amide bonds. The third kappa shape index (κ3) is 29.3. The van der Waals surface area contributed by atoms with Gasteiger partial charge in [-0.3, -0.25) is 9.35 Å². The van der Waals surface area contributed by atoms with E-state index in [1.807, 2.05) is 0 Å². The van der Waals surface area contributed by atoms with Crippen LogP contribution in [-0.2, 0) is 38.3 Å². The molecule has 334 valence electrons. The lowest BCUT2D eigenvalue weighted by molar-refractivity contribution is -0.301. The van der Waals surface area contributed by atoms with Crippen LogP contribution in [0.5, 0.6) is 0 Å². The molecule has 0 saturated carbocycles. The maximum absolute atomic E-state index is 12.8. The van der Waals surface area contributed by atoms with Gasteiger partial charge >= 0.3 is 16.4 Å². The minimum atomic E-state index is -5.05. The third-order valence-corrected chi connectivity index (χ3v) is 11.2. The Hall–Kier alpha value is -0.900. The van der Waals surface area contributed by atoms with Crippen LogP contribution >= 0.6 is 0 Å². The number of esters is 1. The first-order valence-electron chi connectivity index (χ1n) is 22.8. The molecule has 0 bridgehead atoms. The van der Waals surface area contributed by atoms with Crippen molar-refractivity contribution in [3.63, 3.8) is 0 Å². The van der Waals surface area contributed by atoms with Gasteiger partial charge in [-0.15, -0.1) is 0 Å². The molecule has 1 rings (SSSR count). The van der Waals surface area contributed by atoms with Gasteiger partial charge in [0.15, 0.2) is 6.29 Å². The second-order valence-corrected chi connectivity index (χ2v) is 17.1. The van der Waals surface area contributed by atoms with Crippen molar-refractivity contribution < 1.29 is 56.2 Å². The average Bonchev–Trinajstić information content (AvgIpc) is 3.17. The number of aliphatic hydroxyl groups is 3. The number of hydrogen-bond donors (Lipinski definition) is 4. The van der Waals surface area contributed by atoms with Gasteiger partial charge in [0.2, 0.25) is 0 Å². The molecular weight excluding hydrogens is 741 g/mol. The molecule has 1 aliphatic heterocycles. The first-order chi connectivity index (χ1) is 27.1. The summed E-state index contributed by atoms with van der Waals surface area (Å²) in [7, 11) is -5.05. The standard InChI is InChI=1S/C43H84O12S/c1-3-5-7-9-11-13-14-15-16-17-18-19-20-21-22-23-24-25-26-28-30-32-39(45)53-37(35-51-33-31-29-27-12-10-8-6-4-2)36-52-43-41(47)42(55-56(48,49)50)40(46)38(34-44)54-43/h37-38,40-44,46-47H,3-36H2,1-2H3,(H,48,49,50). The summed E-state index contributed by atoms with van der Waals surface area (Å²) in [5.74, 6) is -0.395.